The van der Waals surface area contributed by atoms with Crippen LogP contribution in [0, 0.1) is 5.41 Å². The molecular formula is C15H24IN3O2. The van der Waals surface area contributed by atoms with Gasteiger partial charge in [-0.05, 0) is 25.0 Å². The molecule has 0 aliphatic carbocycles. The molecule has 1 unspecified atom stereocenters. The lowest BCUT2D eigenvalue weighted by Crippen LogP contribution is -2.42. The number of likely N-dealkylation sites (tertiary alicyclic amines) is 1. The molecular weight excluding hydrogens is 381 g/mol. The second-order valence-electron chi connectivity index (χ2n) is 5.78. The van der Waals surface area contributed by atoms with Gasteiger partial charge in [0.25, 0.3) is 0 Å². The van der Waals surface area contributed by atoms with E-state index in [2.05, 4.69) is 15.2 Å². The van der Waals surface area contributed by atoms with Gasteiger partial charge >= 0.3 is 0 Å². The van der Waals surface area contributed by atoms with E-state index >= 15 is 0 Å². The van der Waals surface area contributed by atoms with Crippen LogP contribution in [0.25, 0.3) is 0 Å². The Balaban J connectivity index is 0.00000161. The number of guanidine groups is 1. The lowest BCUT2D eigenvalue weighted by atomic mass is 9.87. The predicted octanol–water partition coefficient (Wildman–Crippen LogP) is 2.13. The van der Waals surface area contributed by atoms with Crippen molar-refractivity contribution in [2.45, 2.75) is 19.3 Å². The predicted molar refractivity (Wildman–Crippen MR) is 93.2 cm³/mol. The van der Waals surface area contributed by atoms with Gasteiger partial charge in [-0.15, -0.1) is 24.0 Å². The topological polar surface area (TPSA) is 50.0 Å². The van der Waals surface area contributed by atoms with Gasteiger partial charge in [-0.3, -0.25) is 4.99 Å². The first-order valence-corrected chi connectivity index (χ1v) is 7.37. The minimum absolute atomic E-state index is 0. The van der Waals surface area contributed by atoms with Crippen LogP contribution in [0.1, 0.15) is 18.6 Å². The number of nitrogens with one attached hydrogen (secondary N) is 1. The minimum atomic E-state index is 0. The Morgan fingerprint density at radius 1 is 1.48 bits per heavy atom. The van der Waals surface area contributed by atoms with E-state index in [1.165, 1.54) is 12.8 Å². The van der Waals surface area contributed by atoms with Crippen LogP contribution in [-0.4, -0.2) is 50.8 Å². The van der Waals surface area contributed by atoms with Crippen LogP contribution >= 0.6 is 24.0 Å². The molecule has 1 aromatic rings. The van der Waals surface area contributed by atoms with Gasteiger partial charge in [0, 0.05) is 45.1 Å². The van der Waals surface area contributed by atoms with Gasteiger partial charge in [0.05, 0.1) is 12.9 Å². The summed E-state index contributed by atoms with van der Waals surface area (Å²) in [5.74, 6) is 2.01. The molecule has 2 fully saturated rings. The van der Waals surface area contributed by atoms with Crippen molar-refractivity contribution in [3.8, 4) is 0 Å². The number of nitrogens with zero attached hydrogens (tertiary/aromatic N) is 2. The first kappa shape index (κ1) is 16.6. The SMILES string of the molecule is CN=C(NCCc1ccco1)N1CCC2(CCOC2)C1.I. The number of aliphatic imine (C=N–C) groups is 1. The van der Waals surface area contributed by atoms with Crippen LogP contribution in [0.3, 0.4) is 0 Å². The molecule has 2 aliphatic rings. The number of hydrogen-bond donors (Lipinski definition) is 1. The fourth-order valence-electron chi connectivity index (χ4n) is 3.17. The lowest BCUT2D eigenvalue weighted by molar-refractivity contribution is 0.156. The maximum absolute atomic E-state index is 5.57. The van der Waals surface area contributed by atoms with Crippen LogP contribution in [0.15, 0.2) is 27.8 Å². The molecule has 0 aromatic carbocycles. The van der Waals surface area contributed by atoms with Crippen molar-refractivity contribution >= 4 is 29.9 Å². The second kappa shape index (κ2) is 7.49. The zero-order valence-corrected chi connectivity index (χ0v) is 14.8. The molecule has 2 saturated heterocycles. The standard InChI is InChI=1S/C15H23N3O2.HI/c1-16-14(17-7-4-13-3-2-9-20-13)18-8-5-15(11-18)6-10-19-12-15;/h2-3,9H,4-8,10-12H2,1H3,(H,16,17);1H. The third-order valence-electron chi connectivity index (χ3n) is 4.37. The molecule has 3 heterocycles. The van der Waals surface area contributed by atoms with Crippen molar-refractivity contribution < 1.29 is 9.15 Å². The van der Waals surface area contributed by atoms with E-state index in [1.54, 1.807) is 6.26 Å². The number of hydrogen-bond acceptors (Lipinski definition) is 3. The van der Waals surface area contributed by atoms with E-state index in [0.29, 0.717) is 5.41 Å². The second-order valence-corrected chi connectivity index (χ2v) is 5.78. The third-order valence-corrected chi connectivity index (χ3v) is 4.37. The summed E-state index contributed by atoms with van der Waals surface area (Å²) in [6.45, 7) is 4.81. The van der Waals surface area contributed by atoms with E-state index in [0.717, 1.165) is 51.0 Å². The van der Waals surface area contributed by atoms with E-state index in [4.69, 9.17) is 9.15 Å². The van der Waals surface area contributed by atoms with E-state index < -0.39 is 0 Å². The maximum atomic E-state index is 5.57. The zero-order chi connectivity index (χ0) is 13.8. The summed E-state index contributed by atoms with van der Waals surface area (Å²) in [7, 11) is 1.85. The molecule has 0 radical (unpaired) electrons. The van der Waals surface area contributed by atoms with Gasteiger partial charge in [0.15, 0.2) is 5.96 Å². The molecule has 1 aromatic heterocycles. The Morgan fingerprint density at radius 3 is 3.05 bits per heavy atom. The summed E-state index contributed by atoms with van der Waals surface area (Å²) >= 11 is 0. The molecule has 3 rings (SSSR count). The fraction of sp³-hybridized carbons (Fsp3) is 0.667. The summed E-state index contributed by atoms with van der Waals surface area (Å²) in [5, 5.41) is 3.43. The van der Waals surface area contributed by atoms with Crippen molar-refractivity contribution in [1.29, 1.82) is 0 Å². The molecule has 1 N–H and O–H groups in total. The summed E-state index contributed by atoms with van der Waals surface area (Å²) in [4.78, 5) is 6.76. The van der Waals surface area contributed by atoms with Crippen molar-refractivity contribution in [2.75, 3.05) is 39.9 Å². The van der Waals surface area contributed by atoms with Crippen LogP contribution in [-0.2, 0) is 11.2 Å². The first-order valence-electron chi connectivity index (χ1n) is 7.37. The zero-order valence-electron chi connectivity index (χ0n) is 12.5. The molecule has 0 amide bonds. The Kier molecular flexibility index (Phi) is 5.92. The van der Waals surface area contributed by atoms with Gasteiger partial charge in [0.2, 0.25) is 0 Å². The highest BCUT2D eigenvalue weighted by Gasteiger charge is 2.42. The highest BCUT2D eigenvalue weighted by Crippen LogP contribution is 2.38. The molecule has 6 heteroatoms. The van der Waals surface area contributed by atoms with Crippen LogP contribution in [0.4, 0.5) is 0 Å². The summed E-state index contributed by atoms with van der Waals surface area (Å²) in [6.07, 6.45) is 5.00. The summed E-state index contributed by atoms with van der Waals surface area (Å²) in [6, 6.07) is 3.93. The number of ether oxygens (including phenoxy) is 1. The van der Waals surface area contributed by atoms with Gasteiger partial charge in [0.1, 0.15) is 5.76 Å². The van der Waals surface area contributed by atoms with Crippen LogP contribution < -0.4 is 5.32 Å². The van der Waals surface area contributed by atoms with E-state index in [1.807, 2.05) is 19.2 Å². The quantitative estimate of drug-likeness (QED) is 0.476. The van der Waals surface area contributed by atoms with E-state index in [-0.39, 0.29) is 24.0 Å². The van der Waals surface area contributed by atoms with Crippen LogP contribution in [0.2, 0.25) is 0 Å². The normalized spacial score (nSPS) is 25.4. The van der Waals surface area contributed by atoms with Gasteiger partial charge < -0.3 is 19.4 Å². The smallest absolute Gasteiger partial charge is 0.193 e. The lowest BCUT2D eigenvalue weighted by Gasteiger charge is -2.24. The molecule has 1 spiro atoms. The highest BCUT2D eigenvalue weighted by atomic mass is 127. The van der Waals surface area contributed by atoms with Gasteiger partial charge in [-0.2, -0.15) is 0 Å². The number of halogens is 1. The Labute approximate surface area is 143 Å². The average molecular weight is 405 g/mol. The average Bonchev–Trinajstić information content (AvgIpc) is 3.19. The Morgan fingerprint density at radius 2 is 2.38 bits per heavy atom. The molecule has 2 aliphatic heterocycles. The van der Waals surface area contributed by atoms with Crippen LogP contribution in [0.5, 0.6) is 0 Å². The minimum Gasteiger partial charge on any atom is -0.469 e. The third kappa shape index (κ3) is 3.91. The largest absolute Gasteiger partial charge is 0.469 e. The monoisotopic (exact) mass is 405 g/mol. The Hall–Kier alpha value is -0.760. The molecule has 1 atom stereocenters. The van der Waals surface area contributed by atoms with Gasteiger partial charge in [-0.1, -0.05) is 0 Å². The van der Waals surface area contributed by atoms with Crippen molar-refractivity contribution in [3.05, 3.63) is 24.2 Å². The molecule has 118 valence electrons. The maximum Gasteiger partial charge on any atom is 0.193 e. The molecule has 0 bridgehead atoms. The molecule has 0 saturated carbocycles. The highest BCUT2D eigenvalue weighted by molar-refractivity contribution is 14.0. The van der Waals surface area contributed by atoms with Crippen molar-refractivity contribution in [3.63, 3.8) is 0 Å². The van der Waals surface area contributed by atoms with Gasteiger partial charge in [-0.25, -0.2) is 0 Å². The molecule has 21 heavy (non-hydrogen) atoms. The Bertz CT molecular complexity index is 455. The number of rotatable bonds is 3. The fourth-order valence-corrected chi connectivity index (χ4v) is 3.17. The summed E-state index contributed by atoms with van der Waals surface area (Å²) < 4.78 is 10.9. The summed E-state index contributed by atoms with van der Waals surface area (Å²) in [5.41, 5.74) is 0.374. The molecule has 5 nitrogen and oxygen atoms in total. The first-order chi connectivity index (χ1) is 9.81. The number of furan rings is 1. The van der Waals surface area contributed by atoms with Crippen molar-refractivity contribution in [1.82, 2.24) is 10.2 Å². The van der Waals surface area contributed by atoms with Crippen molar-refractivity contribution in [2.24, 2.45) is 10.4 Å². The van der Waals surface area contributed by atoms with E-state index in [9.17, 15) is 0 Å².